The van der Waals surface area contributed by atoms with Crippen LogP contribution in [0, 0.1) is 5.92 Å². The molecule has 1 aliphatic rings. The molecule has 1 N–H and O–H groups in total. The summed E-state index contributed by atoms with van der Waals surface area (Å²) in [6.07, 6.45) is 6.22. The molecule has 0 aliphatic heterocycles. The fraction of sp³-hybridized carbons (Fsp3) is 0.714. The summed E-state index contributed by atoms with van der Waals surface area (Å²) in [4.78, 5) is 12.1. The van der Waals surface area contributed by atoms with Crippen LogP contribution in [0.15, 0.2) is 11.0 Å². The summed E-state index contributed by atoms with van der Waals surface area (Å²) in [5, 5.41) is 7.90. The van der Waals surface area contributed by atoms with Crippen molar-refractivity contribution in [3.05, 3.63) is 21.6 Å². The lowest BCUT2D eigenvalue weighted by molar-refractivity contribution is 0.269. The zero-order chi connectivity index (χ0) is 14.0. The Morgan fingerprint density at radius 1 is 1.53 bits per heavy atom. The quantitative estimate of drug-likeness (QED) is 0.902. The van der Waals surface area contributed by atoms with Gasteiger partial charge in [0.1, 0.15) is 5.02 Å². The van der Waals surface area contributed by atoms with E-state index in [-0.39, 0.29) is 16.1 Å². The largest absolute Gasteiger partial charge is 0.377 e. The highest BCUT2D eigenvalue weighted by Gasteiger charge is 2.35. The average molecular weight is 284 g/mol. The van der Waals surface area contributed by atoms with E-state index in [9.17, 15) is 4.79 Å². The third-order valence-electron chi connectivity index (χ3n) is 3.91. The molecule has 1 aliphatic carbocycles. The van der Waals surface area contributed by atoms with Gasteiger partial charge in [-0.3, -0.25) is 4.79 Å². The van der Waals surface area contributed by atoms with Crippen molar-refractivity contribution in [1.82, 2.24) is 9.78 Å². The minimum Gasteiger partial charge on any atom is -0.377 e. The summed E-state index contributed by atoms with van der Waals surface area (Å²) >= 11 is 6.19. The van der Waals surface area contributed by atoms with Gasteiger partial charge < -0.3 is 5.32 Å². The van der Waals surface area contributed by atoms with Gasteiger partial charge in [0.15, 0.2) is 0 Å². The lowest BCUT2D eigenvalue weighted by Crippen LogP contribution is -2.44. The highest BCUT2D eigenvalue weighted by atomic mass is 35.5. The normalized spacial score (nSPS) is 17.3. The Morgan fingerprint density at radius 3 is 2.68 bits per heavy atom. The van der Waals surface area contributed by atoms with Crippen molar-refractivity contribution < 1.29 is 0 Å². The summed E-state index contributed by atoms with van der Waals surface area (Å²) in [5.41, 5.74) is 0.585. The molecule has 1 fully saturated rings. The van der Waals surface area contributed by atoms with E-state index in [4.69, 9.17) is 11.6 Å². The van der Waals surface area contributed by atoms with Gasteiger partial charge >= 0.3 is 0 Å². The topological polar surface area (TPSA) is 46.9 Å². The molecule has 19 heavy (non-hydrogen) atoms. The number of halogens is 1. The van der Waals surface area contributed by atoms with Gasteiger partial charge in [-0.15, -0.1) is 0 Å². The number of nitrogens with zero attached hydrogens (tertiary/aromatic N) is 2. The second-order valence-corrected chi connectivity index (χ2v) is 6.24. The Labute approximate surface area is 119 Å². The van der Waals surface area contributed by atoms with Gasteiger partial charge in [-0.1, -0.05) is 32.4 Å². The van der Waals surface area contributed by atoms with Gasteiger partial charge in [0.05, 0.1) is 11.9 Å². The number of aromatic nitrogens is 2. The molecule has 106 valence electrons. The van der Waals surface area contributed by atoms with Crippen molar-refractivity contribution >= 4 is 17.3 Å². The first-order valence-corrected chi connectivity index (χ1v) is 7.39. The standard InChI is InChI=1S/C14H22ClN3O/c1-4-14(6-5-7-14)17-11-8-16-18(9-10(2)3)13(19)12(11)15/h8,10,17H,4-7,9H2,1-3H3. The van der Waals surface area contributed by atoms with Gasteiger partial charge in [-0.2, -0.15) is 5.10 Å². The molecular formula is C14H22ClN3O. The highest BCUT2D eigenvalue weighted by molar-refractivity contribution is 6.32. The lowest BCUT2D eigenvalue weighted by atomic mass is 9.75. The summed E-state index contributed by atoms with van der Waals surface area (Å²) < 4.78 is 1.44. The molecule has 0 atom stereocenters. The van der Waals surface area contributed by atoms with Crippen molar-refractivity contribution in [2.24, 2.45) is 5.92 Å². The van der Waals surface area contributed by atoms with Crippen molar-refractivity contribution in [1.29, 1.82) is 0 Å². The molecular weight excluding hydrogens is 262 g/mol. The molecule has 4 nitrogen and oxygen atoms in total. The minimum absolute atomic E-state index is 0.113. The average Bonchev–Trinajstić information content (AvgIpc) is 2.32. The van der Waals surface area contributed by atoms with Crippen molar-refractivity contribution in [2.75, 3.05) is 5.32 Å². The van der Waals surface area contributed by atoms with Gasteiger partial charge in [0.25, 0.3) is 5.56 Å². The molecule has 0 saturated heterocycles. The number of hydrogen-bond donors (Lipinski definition) is 1. The summed E-state index contributed by atoms with van der Waals surface area (Å²) in [6.45, 7) is 6.86. The second-order valence-electron chi connectivity index (χ2n) is 5.87. The third-order valence-corrected chi connectivity index (χ3v) is 4.28. The van der Waals surface area contributed by atoms with E-state index in [0.717, 1.165) is 19.3 Å². The van der Waals surface area contributed by atoms with Gasteiger partial charge in [0, 0.05) is 12.1 Å². The Bertz CT molecular complexity index is 500. The van der Waals surface area contributed by atoms with Crippen LogP contribution in [0.1, 0.15) is 46.5 Å². The van der Waals surface area contributed by atoms with E-state index >= 15 is 0 Å². The summed E-state index contributed by atoms with van der Waals surface area (Å²) in [6, 6.07) is 0. The SMILES string of the molecule is CCC1(Nc2cnn(CC(C)C)c(=O)c2Cl)CCC1. The van der Waals surface area contributed by atoms with E-state index in [0.29, 0.717) is 18.2 Å². The van der Waals surface area contributed by atoms with Gasteiger partial charge in [-0.05, 0) is 31.6 Å². The maximum atomic E-state index is 12.1. The Morgan fingerprint density at radius 2 is 2.21 bits per heavy atom. The molecule has 0 amide bonds. The van der Waals surface area contributed by atoms with Gasteiger partial charge in [-0.25, -0.2) is 4.68 Å². The third kappa shape index (κ3) is 2.94. The highest BCUT2D eigenvalue weighted by Crippen LogP contribution is 2.38. The van der Waals surface area contributed by atoms with E-state index in [2.05, 4.69) is 31.2 Å². The molecule has 1 aromatic rings. The van der Waals surface area contributed by atoms with Crippen LogP contribution in [-0.4, -0.2) is 15.3 Å². The fourth-order valence-electron chi connectivity index (χ4n) is 2.48. The van der Waals surface area contributed by atoms with Crippen LogP contribution < -0.4 is 10.9 Å². The molecule has 0 radical (unpaired) electrons. The molecule has 1 aromatic heterocycles. The van der Waals surface area contributed by atoms with Crippen LogP contribution in [0.4, 0.5) is 5.69 Å². The van der Waals surface area contributed by atoms with Crippen LogP contribution in [0.25, 0.3) is 0 Å². The fourth-order valence-corrected chi connectivity index (χ4v) is 2.68. The van der Waals surface area contributed by atoms with E-state index in [1.807, 2.05) is 0 Å². The van der Waals surface area contributed by atoms with E-state index in [1.54, 1.807) is 6.20 Å². The first kappa shape index (κ1) is 14.4. The molecule has 0 spiro atoms. The van der Waals surface area contributed by atoms with Crippen LogP contribution in [0.5, 0.6) is 0 Å². The van der Waals surface area contributed by atoms with Crippen LogP contribution in [0.3, 0.4) is 0 Å². The summed E-state index contributed by atoms with van der Waals surface area (Å²) in [7, 11) is 0. The van der Waals surface area contributed by atoms with E-state index < -0.39 is 0 Å². The van der Waals surface area contributed by atoms with Crippen LogP contribution >= 0.6 is 11.6 Å². The molecule has 0 unspecified atom stereocenters. The van der Waals surface area contributed by atoms with Crippen LogP contribution in [0.2, 0.25) is 5.02 Å². The zero-order valence-corrected chi connectivity index (χ0v) is 12.6. The van der Waals surface area contributed by atoms with Gasteiger partial charge in [0.2, 0.25) is 0 Å². The Hall–Kier alpha value is -1.03. The molecule has 0 aromatic carbocycles. The maximum absolute atomic E-state index is 12.1. The van der Waals surface area contributed by atoms with Crippen molar-refractivity contribution in [3.8, 4) is 0 Å². The predicted octanol–water partition coefficient (Wildman–Crippen LogP) is 3.30. The molecule has 5 heteroatoms. The first-order chi connectivity index (χ1) is 8.97. The molecule has 1 saturated carbocycles. The minimum atomic E-state index is -0.203. The van der Waals surface area contributed by atoms with Crippen molar-refractivity contribution in [2.45, 2.75) is 58.5 Å². The number of hydrogen-bond acceptors (Lipinski definition) is 3. The predicted molar refractivity (Wildman–Crippen MR) is 78.8 cm³/mol. The molecule has 1 heterocycles. The van der Waals surface area contributed by atoms with E-state index in [1.165, 1.54) is 11.1 Å². The lowest BCUT2D eigenvalue weighted by Gasteiger charge is -2.42. The van der Waals surface area contributed by atoms with Crippen molar-refractivity contribution in [3.63, 3.8) is 0 Å². The monoisotopic (exact) mass is 283 g/mol. The second kappa shape index (κ2) is 5.53. The first-order valence-electron chi connectivity index (χ1n) is 7.01. The summed E-state index contributed by atoms with van der Waals surface area (Å²) in [5.74, 6) is 0.369. The Balaban J connectivity index is 2.23. The number of nitrogens with one attached hydrogen (secondary N) is 1. The molecule has 0 bridgehead atoms. The Kier molecular flexibility index (Phi) is 4.19. The zero-order valence-electron chi connectivity index (χ0n) is 11.9. The van der Waals surface area contributed by atoms with Crippen LogP contribution in [-0.2, 0) is 6.54 Å². The number of anilines is 1. The smallest absolute Gasteiger partial charge is 0.287 e. The molecule has 2 rings (SSSR count). The maximum Gasteiger partial charge on any atom is 0.287 e. The number of rotatable bonds is 5.